The highest BCUT2D eigenvalue weighted by molar-refractivity contribution is 9.10. The summed E-state index contributed by atoms with van der Waals surface area (Å²) in [5, 5.41) is 12.3. The van der Waals surface area contributed by atoms with E-state index in [1.807, 2.05) is 0 Å². The minimum atomic E-state index is -1.29. The Hall–Kier alpha value is -0.580. The third kappa shape index (κ3) is 3.98. The quantitative estimate of drug-likeness (QED) is 0.625. The lowest BCUT2D eigenvalue weighted by molar-refractivity contribution is -0.307. The van der Waals surface area contributed by atoms with Crippen LogP contribution in [0.3, 0.4) is 0 Å². The van der Waals surface area contributed by atoms with Crippen molar-refractivity contribution in [2.75, 3.05) is 0 Å². The van der Waals surface area contributed by atoms with Gasteiger partial charge in [0.2, 0.25) is 5.91 Å². The molecule has 1 amide bonds. The van der Waals surface area contributed by atoms with Crippen LogP contribution in [0, 0.1) is 0 Å². The monoisotopic (exact) mass is 222 g/mol. The Labute approximate surface area is 73.1 Å². The number of halogens is 1. The first kappa shape index (κ1) is 10.4. The van der Waals surface area contributed by atoms with E-state index in [0.717, 1.165) is 0 Å². The van der Waals surface area contributed by atoms with Gasteiger partial charge in [0.15, 0.2) is 0 Å². The van der Waals surface area contributed by atoms with Gasteiger partial charge >= 0.3 is 0 Å². The van der Waals surface area contributed by atoms with E-state index in [-0.39, 0.29) is 10.7 Å². The molecule has 0 bridgehead atoms. The largest absolute Gasteiger partial charge is 0.548 e. The van der Waals surface area contributed by atoms with E-state index in [0.29, 0.717) is 0 Å². The van der Waals surface area contributed by atoms with E-state index >= 15 is 0 Å². The van der Waals surface area contributed by atoms with Crippen molar-refractivity contribution in [2.45, 2.75) is 24.7 Å². The first-order valence-corrected chi connectivity index (χ1v) is 4.02. The van der Waals surface area contributed by atoms with Gasteiger partial charge in [-0.2, -0.15) is 0 Å². The van der Waals surface area contributed by atoms with Crippen LogP contribution in [0.5, 0.6) is 0 Å². The Kier molecular flexibility index (Phi) is 4.10. The van der Waals surface area contributed by atoms with Crippen molar-refractivity contribution >= 4 is 27.8 Å². The van der Waals surface area contributed by atoms with Crippen LogP contribution < -0.4 is 10.4 Å². The summed E-state index contributed by atoms with van der Waals surface area (Å²) in [5.41, 5.74) is 0. The van der Waals surface area contributed by atoms with Gasteiger partial charge < -0.3 is 15.2 Å². The predicted molar refractivity (Wildman–Crippen MR) is 41.0 cm³/mol. The van der Waals surface area contributed by atoms with Gasteiger partial charge in [0.1, 0.15) is 0 Å². The van der Waals surface area contributed by atoms with E-state index in [1.165, 1.54) is 6.92 Å². The summed E-state index contributed by atoms with van der Waals surface area (Å²) in [6, 6.07) is -0.942. The molecule has 64 valence electrons. The van der Waals surface area contributed by atoms with E-state index in [2.05, 4.69) is 21.2 Å². The molecule has 0 aromatic carbocycles. The topological polar surface area (TPSA) is 69.2 Å². The molecule has 0 heterocycles. The minimum Gasteiger partial charge on any atom is -0.548 e. The molecule has 0 saturated heterocycles. The van der Waals surface area contributed by atoms with Crippen molar-refractivity contribution in [3.63, 3.8) is 0 Å². The standard InChI is InChI=1S/C6H10BrNO3/c1-3(7)5(9)8-4(2)6(10)11/h3-4H,1-2H3,(H,8,9)(H,10,11)/p-1/t3-,4-/m1/s1. The van der Waals surface area contributed by atoms with Gasteiger partial charge in [0.05, 0.1) is 16.8 Å². The zero-order chi connectivity index (χ0) is 9.02. The van der Waals surface area contributed by atoms with Crippen molar-refractivity contribution in [1.82, 2.24) is 5.32 Å². The van der Waals surface area contributed by atoms with Crippen LogP contribution in [-0.2, 0) is 9.59 Å². The Bertz CT molecular complexity index is 169. The SMILES string of the molecule is C[C@@H](Br)C(=O)N[C@H](C)C(=O)[O-]. The normalized spacial score (nSPS) is 15.2. The number of nitrogens with one attached hydrogen (secondary N) is 1. The molecular weight excluding hydrogens is 214 g/mol. The fourth-order valence-corrected chi connectivity index (χ4v) is 0.519. The molecule has 5 heteroatoms. The molecule has 0 radical (unpaired) electrons. The molecule has 0 aliphatic rings. The van der Waals surface area contributed by atoms with Crippen LogP contribution in [0.4, 0.5) is 0 Å². The van der Waals surface area contributed by atoms with E-state index < -0.39 is 12.0 Å². The molecule has 0 aromatic rings. The summed E-state index contributed by atoms with van der Waals surface area (Å²) in [7, 11) is 0. The molecule has 0 saturated carbocycles. The van der Waals surface area contributed by atoms with Crippen molar-refractivity contribution in [2.24, 2.45) is 0 Å². The second kappa shape index (κ2) is 4.33. The van der Waals surface area contributed by atoms with Gasteiger partial charge in [-0.15, -0.1) is 0 Å². The summed E-state index contributed by atoms with van der Waals surface area (Å²) in [4.78, 5) is 20.5. The number of hydrogen-bond donors (Lipinski definition) is 1. The molecule has 2 atom stereocenters. The summed E-state index contributed by atoms with van der Waals surface area (Å²) in [6.45, 7) is 2.96. The summed E-state index contributed by atoms with van der Waals surface area (Å²) >= 11 is 2.99. The number of rotatable bonds is 3. The van der Waals surface area contributed by atoms with Crippen molar-refractivity contribution in [1.29, 1.82) is 0 Å². The maximum atomic E-state index is 10.8. The van der Waals surface area contributed by atoms with Crippen LogP contribution in [0.15, 0.2) is 0 Å². The Balaban J connectivity index is 3.85. The zero-order valence-electron chi connectivity index (χ0n) is 6.26. The highest BCUT2D eigenvalue weighted by atomic mass is 79.9. The first-order valence-electron chi connectivity index (χ1n) is 3.10. The lowest BCUT2D eigenvalue weighted by Crippen LogP contribution is -2.47. The Morgan fingerprint density at radius 3 is 2.18 bits per heavy atom. The van der Waals surface area contributed by atoms with Gasteiger partial charge in [-0.3, -0.25) is 4.79 Å². The average Bonchev–Trinajstić information content (AvgIpc) is 1.87. The number of carboxylic acid groups (broad SMARTS) is 1. The van der Waals surface area contributed by atoms with Crippen LogP contribution in [0.25, 0.3) is 0 Å². The number of carbonyl (C=O) groups excluding carboxylic acids is 2. The lowest BCUT2D eigenvalue weighted by Gasteiger charge is -2.15. The molecule has 0 aliphatic heterocycles. The highest BCUT2D eigenvalue weighted by Crippen LogP contribution is 1.96. The van der Waals surface area contributed by atoms with Gasteiger partial charge in [-0.25, -0.2) is 0 Å². The molecule has 0 fully saturated rings. The van der Waals surface area contributed by atoms with Crippen LogP contribution in [-0.4, -0.2) is 22.7 Å². The van der Waals surface area contributed by atoms with Crippen LogP contribution in [0.2, 0.25) is 0 Å². The molecule has 0 spiro atoms. The third-order valence-electron chi connectivity index (χ3n) is 1.07. The second-order valence-corrected chi connectivity index (χ2v) is 3.54. The maximum absolute atomic E-state index is 10.8. The Morgan fingerprint density at radius 1 is 1.45 bits per heavy atom. The lowest BCUT2D eigenvalue weighted by atomic mass is 10.3. The maximum Gasteiger partial charge on any atom is 0.234 e. The number of carboxylic acids is 1. The fourth-order valence-electron chi connectivity index (χ4n) is 0.387. The molecule has 4 nitrogen and oxygen atoms in total. The predicted octanol–water partition coefficient (Wildman–Crippen LogP) is -0.976. The molecule has 0 unspecified atom stereocenters. The van der Waals surface area contributed by atoms with Gasteiger partial charge in [0, 0.05) is 0 Å². The van der Waals surface area contributed by atoms with Gasteiger partial charge in [-0.1, -0.05) is 15.9 Å². The Morgan fingerprint density at radius 2 is 1.91 bits per heavy atom. The van der Waals surface area contributed by atoms with Crippen molar-refractivity contribution < 1.29 is 14.7 Å². The number of amides is 1. The molecule has 0 rings (SSSR count). The number of hydrogen-bond acceptors (Lipinski definition) is 3. The third-order valence-corrected chi connectivity index (χ3v) is 1.49. The van der Waals surface area contributed by atoms with Gasteiger partial charge in [0.25, 0.3) is 0 Å². The minimum absolute atomic E-state index is 0.360. The molecule has 0 aliphatic carbocycles. The van der Waals surface area contributed by atoms with E-state index in [1.54, 1.807) is 6.92 Å². The summed E-state index contributed by atoms with van der Waals surface area (Å²) in [5.74, 6) is -1.65. The highest BCUT2D eigenvalue weighted by Gasteiger charge is 2.11. The number of alkyl halides is 1. The van der Waals surface area contributed by atoms with Crippen molar-refractivity contribution in [3.8, 4) is 0 Å². The molecule has 0 aromatic heterocycles. The smallest absolute Gasteiger partial charge is 0.234 e. The van der Waals surface area contributed by atoms with E-state index in [4.69, 9.17) is 0 Å². The average molecular weight is 223 g/mol. The molecule has 1 N–H and O–H groups in total. The molecule has 11 heavy (non-hydrogen) atoms. The van der Waals surface area contributed by atoms with E-state index in [9.17, 15) is 14.7 Å². The van der Waals surface area contributed by atoms with Gasteiger partial charge in [-0.05, 0) is 13.8 Å². The fraction of sp³-hybridized carbons (Fsp3) is 0.667. The number of carbonyl (C=O) groups is 2. The summed E-state index contributed by atoms with van der Waals surface area (Å²) in [6.07, 6.45) is 0. The zero-order valence-corrected chi connectivity index (χ0v) is 7.84. The second-order valence-electron chi connectivity index (χ2n) is 2.17. The number of aliphatic carboxylic acids is 1. The molecular formula is C6H9BrNO3-. The summed E-state index contributed by atoms with van der Waals surface area (Å²) < 4.78 is 0. The first-order chi connectivity index (χ1) is 4.95. The van der Waals surface area contributed by atoms with Crippen LogP contribution in [0.1, 0.15) is 13.8 Å². The van der Waals surface area contributed by atoms with Crippen LogP contribution >= 0.6 is 15.9 Å². The van der Waals surface area contributed by atoms with Crippen molar-refractivity contribution in [3.05, 3.63) is 0 Å².